The van der Waals surface area contributed by atoms with E-state index in [9.17, 15) is 0 Å². The normalized spacial score (nSPS) is 11.1. The van der Waals surface area contributed by atoms with Gasteiger partial charge in [0.25, 0.3) is 0 Å². The summed E-state index contributed by atoms with van der Waals surface area (Å²) >= 11 is 0. The third-order valence-corrected chi connectivity index (χ3v) is 7.31. The number of hydrogen-bond acceptors (Lipinski definition) is 1. The fourth-order valence-electron chi connectivity index (χ4n) is 5.44. The van der Waals surface area contributed by atoms with Crippen molar-refractivity contribution in [3.63, 3.8) is 0 Å². The number of pyridine rings is 1. The first-order valence-corrected chi connectivity index (χ1v) is 12.7. The molecule has 0 saturated heterocycles. The monoisotopic (exact) mass is 482 g/mol. The quantitative estimate of drug-likeness (QED) is 0.229. The minimum absolute atomic E-state index is 0.651. The summed E-state index contributed by atoms with van der Waals surface area (Å²) < 4.78 is 0. The van der Waals surface area contributed by atoms with E-state index in [1.165, 1.54) is 43.8 Å². The van der Waals surface area contributed by atoms with Crippen LogP contribution in [0.5, 0.6) is 0 Å². The number of hydrogen-bond donors (Lipinski definition) is 0. The Morgan fingerprint density at radius 3 is 1.95 bits per heavy atom. The molecule has 176 valence electrons. The van der Waals surface area contributed by atoms with Gasteiger partial charge in [-0.25, -0.2) is 4.85 Å². The van der Waals surface area contributed by atoms with Crippen molar-refractivity contribution in [3.8, 4) is 33.4 Å². The average Bonchev–Trinajstić information content (AvgIpc) is 3.00. The summed E-state index contributed by atoms with van der Waals surface area (Å²) in [7, 11) is 0. The van der Waals surface area contributed by atoms with Crippen LogP contribution in [0.1, 0.15) is 0 Å². The number of rotatable bonds is 3. The van der Waals surface area contributed by atoms with E-state index in [0.29, 0.717) is 5.69 Å². The number of nitrogens with zero attached hydrogens (tertiary/aromatic N) is 2. The van der Waals surface area contributed by atoms with Crippen molar-refractivity contribution in [1.29, 1.82) is 0 Å². The van der Waals surface area contributed by atoms with Crippen LogP contribution >= 0.6 is 0 Å². The third kappa shape index (κ3) is 3.70. The zero-order valence-electron chi connectivity index (χ0n) is 20.6. The Labute approximate surface area is 221 Å². The topological polar surface area (TPSA) is 17.2 Å². The number of para-hydroxylation sites is 1. The summed E-state index contributed by atoms with van der Waals surface area (Å²) in [5.41, 5.74) is 8.65. The molecule has 1 heterocycles. The van der Waals surface area contributed by atoms with Gasteiger partial charge in [0.2, 0.25) is 0 Å². The van der Waals surface area contributed by atoms with Gasteiger partial charge in [-0.05, 0) is 67.6 Å². The Hall–Kier alpha value is -5.26. The molecule has 0 fully saturated rings. The molecule has 7 rings (SSSR count). The van der Waals surface area contributed by atoms with Crippen molar-refractivity contribution in [2.45, 2.75) is 0 Å². The van der Waals surface area contributed by atoms with Crippen molar-refractivity contribution < 1.29 is 0 Å². The molecule has 0 aliphatic heterocycles. The Bertz CT molecular complexity index is 2020. The highest BCUT2D eigenvalue weighted by Gasteiger charge is 2.13. The van der Waals surface area contributed by atoms with Gasteiger partial charge in [-0.15, -0.1) is 0 Å². The van der Waals surface area contributed by atoms with Gasteiger partial charge < -0.3 is 0 Å². The number of fused-ring (bicyclic) bond motifs is 3. The molecule has 6 aromatic carbocycles. The van der Waals surface area contributed by atoms with Gasteiger partial charge in [0.05, 0.1) is 12.1 Å². The van der Waals surface area contributed by atoms with Crippen LogP contribution in [0.2, 0.25) is 0 Å². The largest absolute Gasteiger partial charge is 0.256 e. The molecule has 2 heteroatoms. The molecule has 0 aliphatic rings. The summed E-state index contributed by atoms with van der Waals surface area (Å²) in [5.74, 6) is 0. The lowest BCUT2D eigenvalue weighted by Crippen LogP contribution is -1.89. The lowest BCUT2D eigenvalue weighted by Gasteiger charge is -2.15. The van der Waals surface area contributed by atoms with Crippen molar-refractivity contribution in [3.05, 3.63) is 145 Å². The van der Waals surface area contributed by atoms with Crippen LogP contribution < -0.4 is 0 Å². The first-order valence-electron chi connectivity index (χ1n) is 12.7. The Morgan fingerprint density at radius 2 is 1.16 bits per heavy atom. The van der Waals surface area contributed by atoms with Gasteiger partial charge in [0.15, 0.2) is 5.69 Å². The molecule has 0 bridgehead atoms. The van der Waals surface area contributed by atoms with E-state index in [1.54, 1.807) is 0 Å². The molecule has 1 aromatic heterocycles. The molecule has 0 N–H and O–H groups in total. The zero-order valence-corrected chi connectivity index (χ0v) is 20.6. The van der Waals surface area contributed by atoms with Crippen molar-refractivity contribution in [2.24, 2.45) is 0 Å². The molecule has 0 unspecified atom stereocenters. The second kappa shape index (κ2) is 9.00. The molecule has 38 heavy (non-hydrogen) atoms. The van der Waals surface area contributed by atoms with Crippen LogP contribution in [0.4, 0.5) is 5.69 Å². The maximum atomic E-state index is 7.33. The second-order valence-electron chi connectivity index (χ2n) is 9.53. The first-order chi connectivity index (χ1) is 18.8. The summed E-state index contributed by atoms with van der Waals surface area (Å²) in [4.78, 5) is 8.22. The van der Waals surface area contributed by atoms with Crippen molar-refractivity contribution in [1.82, 2.24) is 4.98 Å². The summed E-state index contributed by atoms with van der Waals surface area (Å²) in [6, 6.07) is 44.6. The molecule has 0 radical (unpaired) electrons. The molecule has 0 amide bonds. The van der Waals surface area contributed by atoms with Crippen LogP contribution in [0, 0.1) is 6.57 Å². The minimum atomic E-state index is 0.651. The lowest BCUT2D eigenvalue weighted by atomic mass is 9.88. The van der Waals surface area contributed by atoms with Gasteiger partial charge in [-0.1, -0.05) is 109 Å². The van der Waals surface area contributed by atoms with Crippen LogP contribution in [-0.2, 0) is 0 Å². The predicted octanol–water partition coefficient (Wildman–Crippen LogP) is 10.1. The second-order valence-corrected chi connectivity index (χ2v) is 9.53. The third-order valence-electron chi connectivity index (χ3n) is 7.31. The highest BCUT2D eigenvalue weighted by molar-refractivity contribution is 6.05. The maximum absolute atomic E-state index is 7.33. The average molecular weight is 483 g/mol. The first kappa shape index (κ1) is 22.0. The highest BCUT2D eigenvalue weighted by Crippen LogP contribution is 2.40. The Kier molecular flexibility index (Phi) is 5.20. The van der Waals surface area contributed by atoms with Gasteiger partial charge in [-0.3, -0.25) is 4.98 Å². The molecule has 0 atom stereocenters. The van der Waals surface area contributed by atoms with Crippen LogP contribution in [-0.4, -0.2) is 4.98 Å². The van der Waals surface area contributed by atoms with Gasteiger partial charge in [-0.2, -0.15) is 0 Å². The van der Waals surface area contributed by atoms with Crippen LogP contribution in [0.3, 0.4) is 0 Å². The van der Waals surface area contributed by atoms with E-state index < -0.39 is 0 Å². The summed E-state index contributed by atoms with van der Waals surface area (Å²) in [5, 5.41) is 5.95. The Morgan fingerprint density at radius 1 is 0.500 bits per heavy atom. The highest BCUT2D eigenvalue weighted by atomic mass is 14.6. The SMILES string of the molecule is [C-]#[N+]c1ccc(-c2c(-c3ccc4cc(-c5cccc6cccnc56)ccc4c3)ccc3ccccc23)cc1. The van der Waals surface area contributed by atoms with Gasteiger partial charge >= 0.3 is 0 Å². The van der Waals surface area contributed by atoms with E-state index >= 15 is 0 Å². The zero-order chi connectivity index (χ0) is 25.5. The van der Waals surface area contributed by atoms with E-state index in [4.69, 9.17) is 6.57 Å². The molecule has 7 aromatic rings. The standard InChI is InChI=1S/C36H22N2/c1-37-31-18-15-25(16-19-31)35-32-9-3-2-6-24(32)17-20-33(35)29-13-11-28-23-30(14-12-27(28)22-29)34-10-4-7-26-8-5-21-38-36(26)34/h2-23H. The lowest BCUT2D eigenvalue weighted by molar-refractivity contribution is 1.41. The fourth-order valence-corrected chi connectivity index (χ4v) is 5.44. The van der Waals surface area contributed by atoms with Crippen molar-refractivity contribution in [2.75, 3.05) is 0 Å². The van der Waals surface area contributed by atoms with E-state index in [-0.39, 0.29) is 0 Å². The number of benzene rings is 6. The van der Waals surface area contributed by atoms with Crippen LogP contribution in [0.15, 0.2) is 134 Å². The Balaban J connectivity index is 1.38. The fraction of sp³-hybridized carbons (Fsp3) is 0. The summed E-state index contributed by atoms with van der Waals surface area (Å²) in [6.45, 7) is 7.33. The van der Waals surface area contributed by atoms with E-state index in [2.05, 4.69) is 119 Å². The predicted molar refractivity (Wildman–Crippen MR) is 159 cm³/mol. The maximum Gasteiger partial charge on any atom is 0.187 e. The molecule has 0 saturated carbocycles. The molecular weight excluding hydrogens is 460 g/mol. The molecule has 0 spiro atoms. The smallest absolute Gasteiger partial charge is 0.187 e. The van der Waals surface area contributed by atoms with E-state index in [0.717, 1.165) is 22.0 Å². The van der Waals surface area contributed by atoms with Crippen molar-refractivity contribution >= 4 is 38.1 Å². The van der Waals surface area contributed by atoms with Gasteiger partial charge in [0, 0.05) is 17.1 Å². The van der Waals surface area contributed by atoms with E-state index in [1.807, 2.05) is 24.4 Å². The minimum Gasteiger partial charge on any atom is -0.256 e. The molecular formula is C36H22N2. The molecule has 0 aliphatic carbocycles. The summed E-state index contributed by atoms with van der Waals surface area (Å²) in [6.07, 6.45) is 1.86. The van der Waals surface area contributed by atoms with Gasteiger partial charge in [0.1, 0.15) is 0 Å². The molecule has 2 nitrogen and oxygen atoms in total. The van der Waals surface area contributed by atoms with Crippen LogP contribution in [0.25, 0.3) is 70.7 Å². The number of aromatic nitrogens is 1.